The summed E-state index contributed by atoms with van der Waals surface area (Å²) in [6.07, 6.45) is 4.15. The summed E-state index contributed by atoms with van der Waals surface area (Å²) in [6.45, 7) is 0. The maximum atomic E-state index is 12.0. The Morgan fingerprint density at radius 3 is 2.63 bits per heavy atom. The largest absolute Gasteiger partial charge is 0.381 e. The van der Waals surface area contributed by atoms with Crippen LogP contribution in [0.25, 0.3) is 0 Å². The molecule has 2 rings (SSSR count). The van der Waals surface area contributed by atoms with E-state index in [0.717, 1.165) is 0 Å². The van der Waals surface area contributed by atoms with E-state index in [4.69, 9.17) is 17.3 Å². The highest BCUT2D eigenvalue weighted by Crippen LogP contribution is 2.22. The van der Waals surface area contributed by atoms with Crippen molar-refractivity contribution in [3.63, 3.8) is 0 Å². The molecular weight excluding hydrogens is 288 g/mol. The van der Waals surface area contributed by atoms with Gasteiger partial charge in [-0.05, 0) is 12.1 Å². The van der Waals surface area contributed by atoms with Gasteiger partial charge in [0.05, 0.1) is 11.2 Å². The van der Waals surface area contributed by atoms with Crippen molar-refractivity contribution in [2.75, 3.05) is 0 Å². The van der Waals surface area contributed by atoms with Gasteiger partial charge in [-0.2, -0.15) is 8.42 Å². The standard InChI is InChI=1S/C11H9ClN4O2S/c12-8-3-1-2-4-10(8)19(17,18)16-11(13)9-7-14-5-6-15-9/h1-7H,(H2,13,16). The highest BCUT2D eigenvalue weighted by atomic mass is 35.5. The second-order valence-electron chi connectivity index (χ2n) is 3.47. The molecule has 0 saturated carbocycles. The van der Waals surface area contributed by atoms with Crippen molar-refractivity contribution in [3.8, 4) is 0 Å². The van der Waals surface area contributed by atoms with Gasteiger partial charge in [-0.15, -0.1) is 4.40 Å². The van der Waals surface area contributed by atoms with Crippen molar-refractivity contribution in [2.24, 2.45) is 10.1 Å². The molecule has 0 radical (unpaired) electrons. The van der Waals surface area contributed by atoms with Crippen LogP contribution in [0, 0.1) is 0 Å². The van der Waals surface area contributed by atoms with Crippen LogP contribution in [0.15, 0.2) is 52.1 Å². The fourth-order valence-corrected chi connectivity index (χ4v) is 2.75. The lowest BCUT2D eigenvalue weighted by molar-refractivity contribution is 0.598. The first-order chi connectivity index (χ1) is 9.00. The molecule has 0 spiro atoms. The third-order valence-corrected chi connectivity index (χ3v) is 3.95. The quantitative estimate of drug-likeness (QED) is 0.678. The summed E-state index contributed by atoms with van der Waals surface area (Å²) in [5.41, 5.74) is 5.77. The average molecular weight is 297 g/mol. The zero-order valence-corrected chi connectivity index (χ0v) is 11.1. The SMILES string of the molecule is N/C(=N\S(=O)(=O)c1ccccc1Cl)c1cnccn1. The summed E-state index contributed by atoms with van der Waals surface area (Å²) < 4.78 is 27.6. The van der Waals surface area contributed by atoms with E-state index in [-0.39, 0.29) is 21.4 Å². The first-order valence-electron chi connectivity index (χ1n) is 5.12. The zero-order chi connectivity index (χ0) is 13.9. The lowest BCUT2D eigenvalue weighted by atomic mass is 10.4. The second kappa shape index (κ2) is 5.33. The van der Waals surface area contributed by atoms with Gasteiger partial charge in [-0.1, -0.05) is 23.7 Å². The van der Waals surface area contributed by atoms with Crippen LogP contribution in [0.4, 0.5) is 0 Å². The Hall–Kier alpha value is -1.99. The molecule has 98 valence electrons. The minimum absolute atomic E-state index is 0.0817. The van der Waals surface area contributed by atoms with Crippen molar-refractivity contribution < 1.29 is 8.42 Å². The van der Waals surface area contributed by atoms with Crippen LogP contribution in [-0.4, -0.2) is 24.2 Å². The van der Waals surface area contributed by atoms with Crippen molar-refractivity contribution in [3.05, 3.63) is 53.6 Å². The second-order valence-corrected chi connectivity index (χ2v) is 5.45. The topological polar surface area (TPSA) is 98.3 Å². The van der Waals surface area contributed by atoms with Crippen molar-refractivity contribution in [1.82, 2.24) is 9.97 Å². The summed E-state index contributed by atoms with van der Waals surface area (Å²) in [4.78, 5) is 7.54. The molecule has 8 heteroatoms. The first-order valence-corrected chi connectivity index (χ1v) is 6.94. The molecule has 0 aliphatic rings. The molecule has 1 aromatic carbocycles. The molecule has 0 saturated heterocycles. The lowest BCUT2D eigenvalue weighted by Crippen LogP contribution is -2.17. The normalized spacial score (nSPS) is 12.4. The molecule has 0 amide bonds. The molecular formula is C11H9ClN4O2S. The van der Waals surface area contributed by atoms with Crippen LogP contribution in [0.5, 0.6) is 0 Å². The minimum atomic E-state index is -3.98. The number of sulfonamides is 1. The fraction of sp³-hybridized carbons (Fsp3) is 0. The Morgan fingerprint density at radius 2 is 2.00 bits per heavy atom. The molecule has 0 unspecified atom stereocenters. The van der Waals surface area contributed by atoms with E-state index in [1.807, 2.05) is 0 Å². The Kier molecular flexibility index (Phi) is 3.77. The van der Waals surface area contributed by atoms with Crippen LogP contribution >= 0.6 is 11.6 Å². The summed E-state index contributed by atoms with van der Waals surface area (Å²) >= 11 is 5.82. The van der Waals surface area contributed by atoms with Crippen LogP contribution < -0.4 is 5.73 Å². The molecule has 0 fully saturated rings. The first kappa shape index (κ1) is 13.4. The fourth-order valence-electron chi connectivity index (χ4n) is 1.31. The molecule has 0 aliphatic carbocycles. The minimum Gasteiger partial charge on any atom is -0.381 e. The third kappa shape index (κ3) is 3.07. The maximum absolute atomic E-state index is 12.0. The van der Waals surface area contributed by atoms with Crippen LogP contribution in [0.2, 0.25) is 5.02 Å². The molecule has 2 aromatic rings. The van der Waals surface area contributed by atoms with Gasteiger partial charge in [0.15, 0.2) is 5.84 Å². The average Bonchev–Trinajstić information content (AvgIpc) is 2.39. The van der Waals surface area contributed by atoms with E-state index in [1.165, 1.54) is 30.7 Å². The molecule has 0 bridgehead atoms. The molecule has 0 aliphatic heterocycles. The number of benzene rings is 1. The van der Waals surface area contributed by atoms with Gasteiger partial charge in [-0.25, -0.2) is 4.98 Å². The van der Waals surface area contributed by atoms with E-state index < -0.39 is 10.0 Å². The molecule has 1 aromatic heterocycles. The molecule has 0 atom stereocenters. The van der Waals surface area contributed by atoms with Gasteiger partial charge in [0, 0.05) is 12.4 Å². The number of halogens is 1. The zero-order valence-electron chi connectivity index (χ0n) is 9.56. The number of nitrogens with zero attached hydrogens (tertiary/aromatic N) is 3. The smallest absolute Gasteiger partial charge is 0.285 e. The van der Waals surface area contributed by atoms with Crippen molar-refractivity contribution in [2.45, 2.75) is 4.90 Å². The number of nitrogens with two attached hydrogens (primary N) is 1. The van der Waals surface area contributed by atoms with Crippen LogP contribution in [0.3, 0.4) is 0 Å². The van der Waals surface area contributed by atoms with Gasteiger partial charge >= 0.3 is 0 Å². The summed E-state index contributed by atoms with van der Waals surface area (Å²) in [6, 6.07) is 5.98. The lowest BCUT2D eigenvalue weighted by Gasteiger charge is -2.03. The summed E-state index contributed by atoms with van der Waals surface area (Å²) in [5, 5.41) is 0.0817. The maximum Gasteiger partial charge on any atom is 0.285 e. The Bertz CT molecular complexity index is 716. The van der Waals surface area contributed by atoms with E-state index in [0.29, 0.717) is 0 Å². The molecule has 19 heavy (non-hydrogen) atoms. The van der Waals surface area contributed by atoms with E-state index in [9.17, 15) is 8.42 Å². The number of hydrogen-bond acceptors (Lipinski definition) is 4. The Balaban J connectivity index is 2.45. The molecule has 6 nitrogen and oxygen atoms in total. The summed E-state index contributed by atoms with van der Waals surface area (Å²) in [7, 11) is -3.98. The van der Waals surface area contributed by atoms with Gasteiger partial charge in [0.25, 0.3) is 10.0 Å². The van der Waals surface area contributed by atoms with Gasteiger partial charge in [-0.3, -0.25) is 4.98 Å². The number of aromatic nitrogens is 2. The van der Waals surface area contributed by atoms with Crippen molar-refractivity contribution in [1.29, 1.82) is 0 Å². The van der Waals surface area contributed by atoms with Crippen LogP contribution in [-0.2, 0) is 10.0 Å². The van der Waals surface area contributed by atoms with Crippen LogP contribution in [0.1, 0.15) is 5.69 Å². The van der Waals surface area contributed by atoms with Gasteiger partial charge in [0.2, 0.25) is 0 Å². The van der Waals surface area contributed by atoms with Crippen molar-refractivity contribution >= 4 is 27.5 Å². The number of rotatable bonds is 3. The van der Waals surface area contributed by atoms with Gasteiger partial charge < -0.3 is 5.73 Å². The monoisotopic (exact) mass is 296 g/mol. The highest BCUT2D eigenvalue weighted by molar-refractivity contribution is 7.90. The molecule has 2 N–H and O–H groups in total. The number of hydrogen-bond donors (Lipinski definition) is 1. The van der Waals surface area contributed by atoms with E-state index in [1.54, 1.807) is 12.1 Å². The molecule has 1 heterocycles. The Labute approximate surface area is 115 Å². The van der Waals surface area contributed by atoms with E-state index in [2.05, 4.69) is 14.4 Å². The van der Waals surface area contributed by atoms with E-state index >= 15 is 0 Å². The predicted molar refractivity (Wildman–Crippen MR) is 71.4 cm³/mol. The summed E-state index contributed by atoms with van der Waals surface area (Å²) in [5.74, 6) is -0.243. The number of amidine groups is 1. The van der Waals surface area contributed by atoms with Gasteiger partial charge in [0.1, 0.15) is 10.6 Å². The predicted octanol–water partition coefficient (Wildman–Crippen LogP) is 1.22. The highest BCUT2D eigenvalue weighted by Gasteiger charge is 2.17. The third-order valence-electron chi connectivity index (χ3n) is 2.16. The Morgan fingerprint density at radius 1 is 1.26 bits per heavy atom.